The number of aromatic carboxylic acids is 1. The van der Waals surface area contributed by atoms with Gasteiger partial charge in [-0.2, -0.15) is 0 Å². The quantitative estimate of drug-likeness (QED) is 0.409. The first kappa shape index (κ1) is 23.8. The lowest BCUT2D eigenvalue weighted by Crippen LogP contribution is -2.23. The summed E-state index contributed by atoms with van der Waals surface area (Å²) in [5, 5.41) is 40.0. The topological polar surface area (TPSA) is 98.0 Å². The zero-order valence-corrected chi connectivity index (χ0v) is 17.7. The van der Waals surface area contributed by atoms with Crippen LogP contribution in [0.4, 0.5) is 0 Å². The maximum Gasteiger partial charge on any atom is 0.339 e. The van der Waals surface area contributed by atoms with Crippen LogP contribution in [-0.4, -0.2) is 32.0 Å². The largest absolute Gasteiger partial charge is 0.508 e. The lowest BCUT2D eigenvalue weighted by molar-refractivity contribution is 0.0410. The van der Waals surface area contributed by atoms with Gasteiger partial charge in [-0.15, -0.1) is 0 Å². The molecular formula is C23H34O5. The van der Waals surface area contributed by atoms with E-state index in [9.17, 15) is 25.2 Å². The highest BCUT2D eigenvalue weighted by atomic mass is 16.4. The predicted octanol–water partition coefficient (Wildman–Crippen LogP) is 5.26. The minimum atomic E-state index is -1.22. The summed E-state index contributed by atoms with van der Waals surface area (Å²) < 4.78 is 0. The summed E-state index contributed by atoms with van der Waals surface area (Å²) in [6.45, 7) is 9.45. The van der Waals surface area contributed by atoms with Crippen molar-refractivity contribution in [1.29, 1.82) is 0 Å². The number of carboxylic acids is 1. The normalized spacial score (nSPS) is 13.9. The number of aromatic hydroxyl groups is 2. The van der Waals surface area contributed by atoms with Crippen LogP contribution in [0.1, 0.15) is 81.3 Å². The van der Waals surface area contributed by atoms with Crippen molar-refractivity contribution >= 4 is 5.97 Å². The summed E-state index contributed by atoms with van der Waals surface area (Å²) in [4.78, 5) is 11.3. The predicted molar refractivity (Wildman–Crippen MR) is 112 cm³/mol. The lowest BCUT2D eigenvalue weighted by Gasteiger charge is -2.22. The maximum atomic E-state index is 11.3. The van der Waals surface area contributed by atoms with Gasteiger partial charge in [0.05, 0.1) is 5.60 Å². The Balaban J connectivity index is 2.68. The van der Waals surface area contributed by atoms with Gasteiger partial charge in [-0.3, -0.25) is 0 Å². The van der Waals surface area contributed by atoms with Crippen molar-refractivity contribution in [1.82, 2.24) is 0 Å². The number of hydrogen-bond acceptors (Lipinski definition) is 4. The zero-order valence-electron chi connectivity index (χ0n) is 17.7. The third kappa shape index (κ3) is 7.39. The Morgan fingerprint density at radius 3 is 2.36 bits per heavy atom. The molecule has 1 atom stereocenters. The molecule has 1 unspecified atom stereocenters. The average Bonchev–Trinajstić information content (AvgIpc) is 2.52. The number of aliphatic hydroxyl groups is 1. The van der Waals surface area contributed by atoms with E-state index in [-0.39, 0.29) is 29.0 Å². The maximum absolute atomic E-state index is 11.3. The van der Waals surface area contributed by atoms with E-state index in [0.717, 1.165) is 31.3 Å². The van der Waals surface area contributed by atoms with Gasteiger partial charge in [0, 0.05) is 5.56 Å². The Bertz CT molecular complexity index is 753. The van der Waals surface area contributed by atoms with Gasteiger partial charge in [-0.25, -0.2) is 4.79 Å². The molecule has 1 aromatic carbocycles. The number of benzene rings is 1. The second kappa shape index (κ2) is 10.3. The van der Waals surface area contributed by atoms with E-state index in [1.165, 1.54) is 18.6 Å². The van der Waals surface area contributed by atoms with Crippen molar-refractivity contribution in [2.75, 3.05) is 0 Å². The smallest absolute Gasteiger partial charge is 0.339 e. The molecule has 28 heavy (non-hydrogen) atoms. The second-order valence-corrected chi connectivity index (χ2v) is 8.15. The Morgan fingerprint density at radius 1 is 1.14 bits per heavy atom. The van der Waals surface area contributed by atoms with Gasteiger partial charge in [-0.1, -0.05) is 23.3 Å². The van der Waals surface area contributed by atoms with Crippen LogP contribution in [0, 0.1) is 6.92 Å². The lowest BCUT2D eigenvalue weighted by atomic mass is 9.92. The molecule has 1 aromatic rings. The van der Waals surface area contributed by atoms with E-state index in [0.29, 0.717) is 12.0 Å². The fourth-order valence-corrected chi connectivity index (χ4v) is 3.22. The van der Waals surface area contributed by atoms with Crippen LogP contribution >= 0.6 is 0 Å². The van der Waals surface area contributed by atoms with Crippen molar-refractivity contribution in [2.45, 2.75) is 78.7 Å². The van der Waals surface area contributed by atoms with Crippen LogP contribution in [0.25, 0.3) is 0 Å². The highest BCUT2D eigenvalue weighted by Gasteiger charge is 2.20. The van der Waals surface area contributed by atoms with Gasteiger partial charge in [0.15, 0.2) is 0 Å². The number of phenols is 2. The Morgan fingerprint density at radius 2 is 1.79 bits per heavy atom. The number of carbonyl (C=O) groups is 1. The van der Waals surface area contributed by atoms with E-state index in [2.05, 4.69) is 6.08 Å². The minimum absolute atomic E-state index is 0.105. The molecule has 156 valence electrons. The summed E-state index contributed by atoms with van der Waals surface area (Å²) in [7, 11) is 0. The monoisotopic (exact) mass is 390 g/mol. The van der Waals surface area contributed by atoms with Crippen LogP contribution < -0.4 is 0 Å². The minimum Gasteiger partial charge on any atom is -0.508 e. The molecule has 0 aliphatic carbocycles. The molecule has 5 heteroatoms. The molecule has 0 aromatic heterocycles. The van der Waals surface area contributed by atoms with Crippen LogP contribution in [0.15, 0.2) is 29.4 Å². The summed E-state index contributed by atoms with van der Waals surface area (Å²) in [6.07, 6.45) is 8.17. The summed E-state index contributed by atoms with van der Waals surface area (Å²) >= 11 is 0. The number of phenolic OH excluding ortho intramolecular Hbond substituents is 1. The molecule has 0 fully saturated rings. The summed E-state index contributed by atoms with van der Waals surface area (Å²) in [5.74, 6) is -1.70. The molecule has 0 aliphatic heterocycles. The number of carboxylic acid groups (broad SMARTS) is 1. The summed E-state index contributed by atoms with van der Waals surface area (Å²) in [6, 6.07) is 1.37. The molecule has 0 saturated heterocycles. The van der Waals surface area contributed by atoms with Crippen molar-refractivity contribution in [3.05, 3.63) is 46.1 Å². The number of rotatable bonds is 10. The van der Waals surface area contributed by atoms with Gasteiger partial charge in [0.2, 0.25) is 0 Å². The van der Waals surface area contributed by atoms with Gasteiger partial charge < -0.3 is 20.4 Å². The zero-order chi connectivity index (χ0) is 21.5. The second-order valence-electron chi connectivity index (χ2n) is 8.15. The molecule has 5 nitrogen and oxygen atoms in total. The molecule has 0 saturated carbocycles. The van der Waals surface area contributed by atoms with E-state index >= 15 is 0 Å². The third-order valence-electron chi connectivity index (χ3n) is 4.97. The number of aryl methyl sites for hydroxylation is 1. The molecule has 0 heterocycles. The first-order valence-corrected chi connectivity index (χ1v) is 9.73. The molecule has 1 rings (SSSR count). The van der Waals surface area contributed by atoms with Crippen molar-refractivity contribution < 1.29 is 25.2 Å². The Kier molecular flexibility index (Phi) is 8.76. The molecule has 4 N–H and O–H groups in total. The van der Waals surface area contributed by atoms with Crippen LogP contribution in [-0.2, 0) is 6.42 Å². The number of hydrogen-bond donors (Lipinski definition) is 4. The highest BCUT2D eigenvalue weighted by Crippen LogP contribution is 2.34. The Labute approximate surface area is 168 Å². The van der Waals surface area contributed by atoms with E-state index in [1.807, 2.05) is 33.8 Å². The molecule has 0 aliphatic rings. The average molecular weight is 391 g/mol. The molecule has 0 radical (unpaired) electrons. The molecule has 0 bridgehead atoms. The highest BCUT2D eigenvalue weighted by molar-refractivity contribution is 5.93. The SMILES string of the molecule is CC(C)=CCCC(C)(O)CCC/C(C)=C/Cc1c(O)cc(C)c(C(=O)O)c1O. The molecular weight excluding hydrogens is 356 g/mol. The fraction of sp³-hybridized carbons (Fsp3) is 0.522. The van der Waals surface area contributed by atoms with Gasteiger partial charge in [0.1, 0.15) is 17.1 Å². The van der Waals surface area contributed by atoms with Crippen molar-refractivity contribution in [2.24, 2.45) is 0 Å². The van der Waals surface area contributed by atoms with Crippen molar-refractivity contribution in [3.63, 3.8) is 0 Å². The van der Waals surface area contributed by atoms with Gasteiger partial charge >= 0.3 is 5.97 Å². The van der Waals surface area contributed by atoms with Gasteiger partial charge in [0.25, 0.3) is 0 Å². The van der Waals surface area contributed by atoms with Crippen LogP contribution in [0.2, 0.25) is 0 Å². The van der Waals surface area contributed by atoms with Crippen molar-refractivity contribution in [3.8, 4) is 11.5 Å². The van der Waals surface area contributed by atoms with E-state index in [4.69, 9.17) is 0 Å². The van der Waals surface area contributed by atoms with Gasteiger partial charge in [-0.05, 0) is 84.8 Å². The van der Waals surface area contributed by atoms with Crippen LogP contribution in [0.5, 0.6) is 11.5 Å². The first-order chi connectivity index (χ1) is 12.9. The number of allylic oxidation sites excluding steroid dienone is 4. The Hall–Kier alpha value is -2.27. The van der Waals surface area contributed by atoms with Crippen LogP contribution in [0.3, 0.4) is 0 Å². The first-order valence-electron chi connectivity index (χ1n) is 9.73. The van der Waals surface area contributed by atoms with E-state index < -0.39 is 11.6 Å². The molecule has 0 amide bonds. The third-order valence-corrected chi connectivity index (χ3v) is 4.97. The van der Waals surface area contributed by atoms with E-state index in [1.54, 1.807) is 0 Å². The standard InChI is InChI=1S/C23H34O5/c1-15(2)8-6-12-23(5,28)13-7-9-16(3)10-11-18-19(24)14-17(4)20(21(18)25)22(26)27/h8,10,14,24-25,28H,6-7,9,11-13H2,1-5H3,(H,26,27)/b16-10+. The fourth-order valence-electron chi connectivity index (χ4n) is 3.22. The summed E-state index contributed by atoms with van der Waals surface area (Å²) in [5.41, 5.74) is 1.99. The molecule has 0 spiro atoms.